The van der Waals surface area contributed by atoms with Crippen LogP contribution in [-0.4, -0.2) is 0 Å². The van der Waals surface area contributed by atoms with Crippen LogP contribution in [0.1, 0.15) is 0 Å². The Hall–Kier alpha value is 0.730. The predicted molar refractivity (Wildman–Crippen MR) is 14.9 cm³/mol. The molecule has 30 valence electrons. The Labute approximate surface area is 104 Å². The van der Waals surface area contributed by atoms with Gasteiger partial charge in [-0.3, -0.25) is 0 Å². The van der Waals surface area contributed by atoms with E-state index in [0.29, 0.717) is 0 Å². The quantitative estimate of drug-likeness (QED) is 0.302. The van der Waals surface area contributed by atoms with Gasteiger partial charge in [-0.05, 0) is 0 Å². The molecule has 0 unspecified atom stereocenters. The van der Waals surface area contributed by atoms with Crippen molar-refractivity contribution in [2.75, 3.05) is 0 Å². The van der Waals surface area contributed by atoms with Crippen LogP contribution in [0.25, 0.3) is 0 Å². The summed E-state index contributed by atoms with van der Waals surface area (Å²) in [5, 5.41) is 18.8. The summed E-state index contributed by atoms with van der Waals surface area (Å²) >= 11 is 0. The Morgan fingerprint density at radius 3 is 0.625 bits per heavy atom. The van der Waals surface area contributed by atoms with E-state index in [-0.39, 0.29) is 70.9 Å². The molecule has 0 amide bonds. The molecule has 0 rings (SSSR count). The fourth-order valence-corrected chi connectivity index (χ4v) is 0. The van der Waals surface area contributed by atoms with Gasteiger partial charge in [-0.15, -0.1) is 0 Å². The number of hydrogen-bond acceptors (Lipinski definition) is 3. The van der Waals surface area contributed by atoms with E-state index in [1.54, 1.807) is 0 Å². The molecule has 0 heterocycles. The second kappa shape index (κ2) is 657. The Bertz CT molecular complexity index is 43.0. The Morgan fingerprint density at radius 2 is 0.625 bits per heavy atom. The molecule has 8 heavy (non-hydrogen) atoms. The molecule has 0 radical (unpaired) electrons. The van der Waals surface area contributed by atoms with Crippen LogP contribution in [-0.2, 0) is 19.5 Å². The van der Waals surface area contributed by atoms with Crippen LogP contribution in [0.2, 0.25) is 0 Å². The van der Waals surface area contributed by atoms with Gasteiger partial charge in [0.15, 0.2) is 0 Å². The van der Waals surface area contributed by atoms with Gasteiger partial charge in [0.25, 0.3) is 0 Å². The standard InChI is InChI=1S/3CN.K.Zn/c3*1-2;;/q3*-1;+1;+2. The molecule has 0 saturated heterocycles. The van der Waals surface area contributed by atoms with Crippen LogP contribution in [0, 0.1) is 35.5 Å². The normalized spacial score (nSPS) is 0.750. The monoisotopic (exact) mass is 181 g/mol. The predicted octanol–water partition coefficient (Wildman–Crippen LogP) is -2.71. The molecule has 0 aliphatic heterocycles. The third-order valence-electron chi connectivity index (χ3n) is 0. The van der Waals surface area contributed by atoms with Gasteiger partial charge in [-0.2, -0.15) is 0 Å². The Morgan fingerprint density at radius 1 is 0.625 bits per heavy atom. The molecule has 5 heteroatoms. The van der Waals surface area contributed by atoms with Crippen LogP contribution in [0.4, 0.5) is 0 Å². The van der Waals surface area contributed by atoms with E-state index in [9.17, 15) is 0 Å². The van der Waals surface area contributed by atoms with Crippen molar-refractivity contribution in [3.8, 4) is 0 Å². The van der Waals surface area contributed by atoms with Gasteiger partial charge in [-0.1, -0.05) is 0 Å². The second-order valence-electron chi connectivity index (χ2n) is 0. The van der Waals surface area contributed by atoms with Gasteiger partial charge in [0.2, 0.25) is 0 Å². The molecule has 0 spiro atoms. The molecular formula is C3KN3Zn. The summed E-state index contributed by atoms with van der Waals surface area (Å²) in [5.41, 5.74) is 0. The number of hydrogen-bond donors (Lipinski definition) is 0. The Balaban J connectivity index is -0.00000000500. The van der Waals surface area contributed by atoms with E-state index >= 15 is 0 Å². The van der Waals surface area contributed by atoms with Crippen molar-refractivity contribution in [1.82, 2.24) is 0 Å². The molecular weight excluding hydrogens is 183 g/mol. The van der Waals surface area contributed by atoms with Crippen molar-refractivity contribution >= 4 is 0 Å². The molecule has 0 saturated carbocycles. The molecule has 0 aliphatic rings. The fourth-order valence-electron chi connectivity index (χ4n) is 0. The molecule has 0 aromatic heterocycles. The molecule has 0 aromatic carbocycles. The third kappa shape index (κ3) is 415. The molecule has 0 aromatic rings. The maximum absolute atomic E-state index is 6.25. The summed E-state index contributed by atoms with van der Waals surface area (Å²) in [6.07, 6.45) is 0. The summed E-state index contributed by atoms with van der Waals surface area (Å²) in [5.74, 6) is 0. The minimum atomic E-state index is 0. The summed E-state index contributed by atoms with van der Waals surface area (Å²) in [6.45, 7) is 14.2. The van der Waals surface area contributed by atoms with Gasteiger partial charge in [-0.25, -0.2) is 0 Å². The van der Waals surface area contributed by atoms with Crippen molar-refractivity contribution in [3.05, 3.63) is 19.7 Å². The molecule has 0 N–H and O–H groups in total. The van der Waals surface area contributed by atoms with Crippen LogP contribution in [0.15, 0.2) is 0 Å². The topological polar surface area (TPSA) is 71.4 Å². The van der Waals surface area contributed by atoms with Gasteiger partial charge in [0, 0.05) is 0 Å². The first kappa shape index (κ1) is 37.5. The van der Waals surface area contributed by atoms with Crippen molar-refractivity contribution in [2.24, 2.45) is 0 Å². The van der Waals surface area contributed by atoms with Crippen LogP contribution >= 0.6 is 0 Å². The van der Waals surface area contributed by atoms with E-state index in [1.165, 1.54) is 0 Å². The maximum atomic E-state index is 6.25. The van der Waals surface area contributed by atoms with Gasteiger partial charge in [0.05, 0.1) is 0 Å². The van der Waals surface area contributed by atoms with Crippen LogP contribution in [0.5, 0.6) is 0 Å². The molecule has 0 atom stereocenters. The fraction of sp³-hybridized carbons (Fsp3) is 0. The molecule has 0 bridgehead atoms. The maximum Gasteiger partial charge on any atom is 2.00 e. The zero-order valence-corrected chi connectivity index (χ0v) is 10.6. The van der Waals surface area contributed by atoms with Crippen molar-refractivity contribution in [1.29, 1.82) is 15.8 Å². The zero-order valence-electron chi connectivity index (χ0n) is 4.55. The minimum Gasteiger partial charge on any atom is -0.512 e. The van der Waals surface area contributed by atoms with Gasteiger partial charge in [0.1, 0.15) is 0 Å². The first-order valence-electron chi connectivity index (χ1n) is 0.671. The first-order chi connectivity index (χ1) is 3.00. The minimum absolute atomic E-state index is 0. The Kier molecular flexibility index (Phi) is 3080. The van der Waals surface area contributed by atoms with E-state index in [4.69, 9.17) is 35.5 Å². The average Bonchev–Trinajstić information content (AvgIpc) is 1.81. The number of nitrogens with zero attached hydrogens (tertiary/aromatic N) is 3. The second-order valence-corrected chi connectivity index (χ2v) is 0. The molecule has 0 aliphatic carbocycles. The SMILES string of the molecule is [C-]#N.[C-]#N.[C-]#N.[K+].[Zn+2]. The van der Waals surface area contributed by atoms with Crippen LogP contribution in [0.3, 0.4) is 0 Å². The van der Waals surface area contributed by atoms with E-state index in [0.717, 1.165) is 0 Å². The van der Waals surface area contributed by atoms with Gasteiger partial charge < -0.3 is 35.5 Å². The summed E-state index contributed by atoms with van der Waals surface area (Å²) in [6, 6.07) is 0. The first-order valence-corrected chi connectivity index (χ1v) is 0.671. The summed E-state index contributed by atoms with van der Waals surface area (Å²) < 4.78 is 0. The van der Waals surface area contributed by atoms with Crippen molar-refractivity contribution in [3.63, 3.8) is 0 Å². The van der Waals surface area contributed by atoms with E-state index in [1.807, 2.05) is 0 Å². The van der Waals surface area contributed by atoms with Crippen molar-refractivity contribution in [2.45, 2.75) is 0 Å². The molecule has 3 nitrogen and oxygen atoms in total. The van der Waals surface area contributed by atoms with E-state index in [2.05, 4.69) is 0 Å². The zero-order chi connectivity index (χ0) is 6.00. The average molecular weight is 183 g/mol. The number of rotatable bonds is 0. The van der Waals surface area contributed by atoms with Crippen LogP contribution < -0.4 is 51.4 Å². The summed E-state index contributed by atoms with van der Waals surface area (Å²) in [7, 11) is 0. The smallest absolute Gasteiger partial charge is 0.512 e. The third-order valence-corrected chi connectivity index (χ3v) is 0. The van der Waals surface area contributed by atoms with Gasteiger partial charge >= 0.3 is 70.9 Å². The molecule has 0 fully saturated rings. The largest absolute Gasteiger partial charge is 2.00 e. The summed E-state index contributed by atoms with van der Waals surface area (Å²) in [4.78, 5) is 0. The van der Waals surface area contributed by atoms with Crippen molar-refractivity contribution < 1.29 is 70.9 Å². The van der Waals surface area contributed by atoms with E-state index < -0.39 is 0 Å².